The van der Waals surface area contributed by atoms with E-state index in [2.05, 4.69) is 10.5 Å². The van der Waals surface area contributed by atoms with Crippen LogP contribution in [0.2, 0.25) is 0 Å². The van der Waals surface area contributed by atoms with Gasteiger partial charge >= 0.3 is 0 Å². The molecule has 0 fully saturated rings. The highest BCUT2D eigenvalue weighted by Crippen LogP contribution is 2.30. The topological polar surface area (TPSA) is 64.8 Å². The van der Waals surface area contributed by atoms with Crippen LogP contribution in [0.1, 0.15) is 29.8 Å². The van der Waals surface area contributed by atoms with Gasteiger partial charge in [0.25, 0.3) is 5.91 Å². The average molecular weight is 377 g/mol. The van der Waals surface area contributed by atoms with E-state index in [0.717, 1.165) is 11.3 Å². The lowest BCUT2D eigenvalue weighted by Gasteiger charge is -2.15. The quantitative estimate of drug-likeness (QED) is 0.499. The maximum absolute atomic E-state index is 12.3. The van der Waals surface area contributed by atoms with Crippen LogP contribution in [0.5, 0.6) is 11.5 Å². The molecule has 0 unspecified atom stereocenters. The number of amides is 1. The number of para-hydroxylation sites is 1. The van der Waals surface area contributed by atoms with E-state index in [1.54, 1.807) is 25.5 Å². The number of hydrogen-bond acceptors (Lipinski definition) is 4. The number of nitrogens with one attached hydrogen (secondary N) is 1. The second-order valence-electron chi connectivity index (χ2n) is 6.38. The first-order valence-corrected chi connectivity index (χ1v) is 8.99. The molecule has 28 heavy (non-hydrogen) atoms. The van der Waals surface area contributed by atoms with Crippen LogP contribution < -0.4 is 14.9 Å². The number of rotatable bonds is 7. The lowest BCUT2D eigenvalue weighted by molar-refractivity contribution is 0.0955. The van der Waals surface area contributed by atoms with Crippen LogP contribution >= 0.6 is 0 Å². The summed E-state index contributed by atoms with van der Waals surface area (Å²) >= 11 is 0. The fourth-order valence-corrected chi connectivity index (χ4v) is 2.67. The number of benzene rings is 2. The smallest absolute Gasteiger partial charge is 0.271 e. The molecular formula is C22H23N3O3. The summed E-state index contributed by atoms with van der Waals surface area (Å²) in [6, 6.07) is 16.7. The third-order valence-corrected chi connectivity index (χ3v) is 3.98. The number of carbonyl (C=O) groups excluding carboxylic acids is 1. The van der Waals surface area contributed by atoms with E-state index in [9.17, 15) is 4.79 Å². The molecule has 3 aromatic rings. The van der Waals surface area contributed by atoms with Crippen LogP contribution in [0.15, 0.2) is 72.1 Å². The minimum absolute atomic E-state index is 0.0168. The third kappa shape index (κ3) is 4.59. The summed E-state index contributed by atoms with van der Waals surface area (Å²) in [5.41, 5.74) is 4.77. The summed E-state index contributed by atoms with van der Waals surface area (Å²) < 4.78 is 13.1. The highest BCUT2D eigenvalue weighted by molar-refractivity contribution is 5.95. The van der Waals surface area contributed by atoms with E-state index in [4.69, 9.17) is 9.47 Å². The van der Waals surface area contributed by atoms with Crippen LogP contribution in [-0.4, -0.2) is 29.9 Å². The van der Waals surface area contributed by atoms with Crippen LogP contribution in [0.4, 0.5) is 0 Å². The molecule has 2 aromatic carbocycles. The summed E-state index contributed by atoms with van der Waals surface area (Å²) in [6.45, 7) is 3.87. The molecule has 1 N–H and O–H groups in total. The molecule has 6 nitrogen and oxygen atoms in total. The Labute approximate surface area is 164 Å². The number of aromatic nitrogens is 1. The largest absolute Gasteiger partial charge is 0.493 e. The number of nitrogens with zero attached hydrogens (tertiary/aromatic N) is 2. The van der Waals surface area contributed by atoms with Gasteiger partial charge in [-0.15, -0.1) is 0 Å². The van der Waals surface area contributed by atoms with Crippen molar-refractivity contribution in [2.24, 2.45) is 5.10 Å². The van der Waals surface area contributed by atoms with Crippen LogP contribution in [0.3, 0.4) is 0 Å². The molecule has 0 saturated heterocycles. The van der Waals surface area contributed by atoms with Crippen molar-refractivity contribution < 1.29 is 14.3 Å². The monoisotopic (exact) mass is 377 g/mol. The van der Waals surface area contributed by atoms with Gasteiger partial charge < -0.3 is 14.0 Å². The molecule has 0 atom stereocenters. The number of ether oxygens (including phenoxy) is 2. The van der Waals surface area contributed by atoms with Gasteiger partial charge in [0.1, 0.15) is 0 Å². The predicted molar refractivity (Wildman–Crippen MR) is 110 cm³/mol. The average Bonchev–Trinajstić information content (AvgIpc) is 3.23. The number of carbonyl (C=O) groups is 1. The van der Waals surface area contributed by atoms with Gasteiger partial charge in [-0.25, -0.2) is 5.43 Å². The number of hydrogen-bond donors (Lipinski definition) is 1. The third-order valence-electron chi connectivity index (χ3n) is 3.98. The summed E-state index contributed by atoms with van der Waals surface area (Å²) in [5, 5.41) is 4.07. The summed E-state index contributed by atoms with van der Waals surface area (Å²) in [7, 11) is 1.59. The summed E-state index contributed by atoms with van der Waals surface area (Å²) in [4.78, 5) is 12.3. The minimum Gasteiger partial charge on any atom is -0.493 e. The lowest BCUT2D eigenvalue weighted by Crippen LogP contribution is -2.17. The Morgan fingerprint density at radius 1 is 1.07 bits per heavy atom. The van der Waals surface area contributed by atoms with Gasteiger partial charge in [0, 0.05) is 29.2 Å². The zero-order valence-electron chi connectivity index (χ0n) is 16.1. The van der Waals surface area contributed by atoms with Crippen molar-refractivity contribution in [3.05, 3.63) is 78.1 Å². The molecule has 0 saturated carbocycles. The molecular weight excluding hydrogens is 354 g/mol. The maximum Gasteiger partial charge on any atom is 0.271 e. The van der Waals surface area contributed by atoms with Crippen LogP contribution in [-0.2, 0) is 0 Å². The first-order chi connectivity index (χ1) is 13.6. The molecule has 0 aliphatic carbocycles. The van der Waals surface area contributed by atoms with E-state index in [-0.39, 0.29) is 12.0 Å². The van der Waals surface area contributed by atoms with E-state index in [0.29, 0.717) is 17.1 Å². The van der Waals surface area contributed by atoms with Crippen molar-refractivity contribution in [2.75, 3.05) is 7.11 Å². The van der Waals surface area contributed by atoms with Gasteiger partial charge in [0.2, 0.25) is 0 Å². The minimum atomic E-state index is -0.287. The molecule has 144 valence electrons. The molecule has 0 aliphatic heterocycles. The molecule has 0 bridgehead atoms. The molecule has 0 aliphatic rings. The zero-order chi connectivity index (χ0) is 19.9. The molecule has 1 aromatic heterocycles. The SMILES string of the molecule is COc1cccc(/C=N/NC(=O)c2ccc(-n3cccc3)cc2)c1OC(C)C. The van der Waals surface area contributed by atoms with Gasteiger partial charge in [-0.2, -0.15) is 5.10 Å². The first kappa shape index (κ1) is 19.2. The van der Waals surface area contributed by atoms with Crippen molar-refractivity contribution >= 4 is 12.1 Å². The van der Waals surface area contributed by atoms with E-state index < -0.39 is 0 Å². The highest BCUT2D eigenvalue weighted by atomic mass is 16.5. The van der Waals surface area contributed by atoms with E-state index in [1.165, 1.54) is 0 Å². The van der Waals surface area contributed by atoms with Gasteiger partial charge in [-0.05, 0) is 62.4 Å². The Morgan fingerprint density at radius 3 is 2.43 bits per heavy atom. The van der Waals surface area contributed by atoms with Crippen molar-refractivity contribution in [1.82, 2.24) is 9.99 Å². The standard InChI is InChI=1S/C22H23N3O3/c1-16(2)28-21-18(7-6-8-20(21)27-3)15-23-24-22(26)17-9-11-19(12-10-17)25-13-4-5-14-25/h4-16H,1-3H3,(H,24,26)/b23-15+. The fourth-order valence-electron chi connectivity index (χ4n) is 2.67. The molecule has 0 spiro atoms. The lowest BCUT2D eigenvalue weighted by atomic mass is 10.2. The summed E-state index contributed by atoms with van der Waals surface area (Å²) in [6.07, 6.45) is 5.43. The highest BCUT2D eigenvalue weighted by Gasteiger charge is 2.11. The molecule has 0 radical (unpaired) electrons. The van der Waals surface area contributed by atoms with Gasteiger partial charge in [0.15, 0.2) is 11.5 Å². The van der Waals surface area contributed by atoms with E-state index in [1.807, 2.05) is 73.3 Å². The van der Waals surface area contributed by atoms with Crippen molar-refractivity contribution in [3.63, 3.8) is 0 Å². The van der Waals surface area contributed by atoms with Crippen molar-refractivity contribution in [1.29, 1.82) is 0 Å². The van der Waals surface area contributed by atoms with Crippen molar-refractivity contribution in [3.8, 4) is 17.2 Å². The number of methoxy groups -OCH3 is 1. The van der Waals surface area contributed by atoms with Gasteiger partial charge in [-0.1, -0.05) is 6.07 Å². The normalized spacial score (nSPS) is 11.0. The predicted octanol–water partition coefficient (Wildman–Crippen LogP) is 4.04. The molecule has 1 amide bonds. The Hall–Kier alpha value is -3.54. The van der Waals surface area contributed by atoms with Crippen LogP contribution in [0, 0.1) is 0 Å². The van der Waals surface area contributed by atoms with Crippen LogP contribution in [0.25, 0.3) is 5.69 Å². The zero-order valence-corrected chi connectivity index (χ0v) is 16.1. The second-order valence-corrected chi connectivity index (χ2v) is 6.38. The Balaban J connectivity index is 1.70. The Bertz CT molecular complexity index is 946. The first-order valence-electron chi connectivity index (χ1n) is 8.99. The Morgan fingerprint density at radius 2 is 1.79 bits per heavy atom. The fraction of sp³-hybridized carbons (Fsp3) is 0.182. The number of hydrazone groups is 1. The Kier molecular flexibility index (Phi) is 6.11. The maximum atomic E-state index is 12.3. The van der Waals surface area contributed by atoms with Crippen molar-refractivity contribution in [2.45, 2.75) is 20.0 Å². The second kappa shape index (κ2) is 8.90. The molecule has 3 rings (SSSR count). The molecule has 1 heterocycles. The summed E-state index contributed by atoms with van der Waals surface area (Å²) in [5.74, 6) is 0.920. The van der Waals surface area contributed by atoms with Gasteiger partial charge in [-0.3, -0.25) is 4.79 Å². The van der Waals surface area contributed by atoms with E-state index >= 15 is 0 Å². The van der Waals surface area contributed by atoms with Gasteiger partial charge in [0.05, 0.1) is 19.4 Å². The molecule has 6 heteroatoms.